The van der Waals surface area contributed by atoms with Crippen LogP contribution in [0.1, 0.15) is 20.8 Å². The first-order valence-corrected chi connectivity index (χ1v) is 4.37. The molecule has 0 radical (unpaired) electrons. The van der Waals surface area contributed by atoms with Gasteiger partial charge in [-0.1, -0.05) is 6.58 Å². The van der Waals surface area contributed by atoms with Crippen molar-refractivity contribution in [2.75, 3.05) is 19.8 Å². The molecule has 0 unspecified atom stereocenters. The molecule has 0 saturated heterocycles. The molecule has 0 spiro atoms. The summed E-state index contributed by atoms with van der Waals surface area (Å²) in [5, 5.41) is 8.13. The van der Waals surface area contributed by atoms with E-state index in [9.17, 15) is 4.79 Å². The number of hydrogen-bond donors (Lipinski definition) is 0. The molecule has 0 aliphatic carbocycles. The number of carbonyl (C=O) groups excluding carboxylic acids is 1. The van der Waals surface area contributed by atoms with Crippen molar-refractivity contribution in [3.05, 3.63) is 12.2 Å². The minimum atomic E-state index is -0.211. The third-order valence-corrected chi connectivity index (χ3v) is 0.986. The molecule has 4 nitrogen and oxygen atoms in total. The number of ether oxygens (including phenoxy) is 2. The molecule has 0 heterocycles. The molecule has 0 aliphatic heterocycles. The Balaban J connectivity index is 0. The molecule has 0 aromatic carbocycles. The summed E-state index contributed by atoms with van der Waals surface area (Å²) in [5.74, 6) is -0.211. The molecule has 0 aromatic heterocycles. The van der Waals surface area contributed by atoms with Crippen molar-refractivity contribution in [2.45, 2.75) is 20.8 Å². The van der Waals surface area contributed by atoms with Gasteiger partial charge in [-0.05, 0) is 13.8 Å². The van der Waals surface area contributed by atoms with Crippen LogP contribution in [0, 0.1) is 11.3 Å². The number of nitrogens with zero attached hydrogens (tertiary/aromatic N) is 1. The average Bonchev–Trinajstić information content (AvgIpc) is 2.15. The summed E-state index contributed by atoms with van der Waals surface area (Å²) < 4.78 is 9.27. The van der Waals surface area contributed by atoms with Crippen molar-refractivity contribution < 1.29 is 14.3 Å². The molecular weight excluding hydrogens is 182 g/mol. The van der Waals surface area contributed by atoms with Crippen LogP contribution in [-0.4, -0.2) is 25.8 Å². The SMILES string of the molecule is C=C(C#N)COCC.CCOC(C)=O. The monoisotopic (exact) mass is 199 g/mol. The first-order valence-electron chi connectivity index (χ1n) is 4.37. The minimum Gasteiger partial charge on any atom is -0.466 e. The van der Waals surface area contributed by atoms with E-state index in [2.05, 4.69) is 11.3 Å². The lowest BCUT2D eigenvalue weighted by Gasteiger charge is -1.93. The third kappa shape index (κ3) is 17.0. The Labute approximate surface area is 85.1 Å². The van der Waals surface area contributed by atoms with Gasteiger partial charge in [0, 0.05) is 19.1 Å². The Kier molecular flexibility index (Phi) is 12.6. The molecule has 0 bridgehead atoms. The first kappa shape index (κ1) is 15.1. The molecule has 14 heavy (non-hydrogen) atoms. The summed E-state index contributed by atoms with van der Waals surface area (Å²) in [6, 6.07) is 1.88. The molecule has 0 aromatic rings. The van der Waals surface area contributed by atoms with Gasteiger partial charge in [-0.25, -0.2) is 0 Å². The van der Waals surface area contributed by atoms with Crippen LogP contribution in [-0.2, 0) is 14.3 Å². The fourth-order valence-electron chi connectivity index (χ4n) is 0.461. The molecule has 0 aliphatic rings. The number of hydrogen-bond acceptors (Lipinski definition) is 4. The maximum Gasteiger partial charge on any atom is 0.302 e. The van der Waals surface area contributed by atoms with Crippen LogP contribution in [0.5, 0.6) is 0 Å². The summed E-state index contributed by atoms with van der Waals surface area (Å²) in [4.78, 5) is 9.82. The molecule has 0 fully saturated rings. The zero-order valence-corrected chi connectivity index (χ0v) is 9.00. The lowest BCUT2D eigenvalue weighted by atomic mass is 10.4. The number of carbonyl (C=O) groups is 1. The van der Waals surface area contributed by atoms with E-state index in [0.717, 1.165) is 0 Å². The molecule has 0 amide bonds. The van der Waals surface area contributed by atoms with Gasteiger partial charge in [0.25, 0.3) is 0 Å². The average molecular weight is 199 g/mol. The summed E-state index contributed by atoms with van der Waals surface area (Å²) in [5.41, 5.74) is 0.479. The lowest BCUT2D eigenvalue weighted by Crippen LogP contribution is -1.95. The highest BCUT2D eigenvalue weighted by Gasteiger charge is 1.86. The predicted molar refractivity (Wildman–Crippen MR) is 53.6 cm³/mol. The Bertz CT molecular complexity index is 206. The van der Waals surface area contributed by atoms with Gasteiger partial charge in [0.05, 0.1) is 19.3 Å². The molecule has 0 N–H and O–H groups in total. The second kappa shape index (κ2) is 11.7. The third-order valence-electron chi connectivity index (χ3n) is 0.986. The number of nitriles is 1. The van der Waals surface area contributed by atoms with Crippen molar-refractivity contribution in [3.63, 3.8) is 0 Å². The van der Waals surface area contributed by atoms with Gasteiger partial charge < -0.3 is 9.47 Å². The summed E-state index contributed by atoms with van der Waals surface area (Å²) in [7, 11) is 0. The zero-order chi connectivity index (χ0) is 11.4. The van der Waals surface area contributed by atoms with E-state index in [1.54, 1.807) is 6.92 Å². The normalized spacial score (nSPS) is 7.86. The van der Waals surface area contributed by atoms with Crippen LogP contribution in [0.2, 0.25) is 0 Å². The number of rotatable bonds is 4. The second-order valence-corrected chi connectivity index (χ2v) is 2.28. The van der Waals surface area contributed by atoms with Crippen molar-refractivity contribution in [3.8, 4) is 6.07 Å². The van der Waals surface area contributed by atoms with Gasteiger partial charge in [0.2, 0.25) is 0 Å². The molecule has 0 rings (SSSR count). The van der Waals surface area contributed by atoms with Crippen molar-refractivity contribution in [1.82, 2.24) is 0 Å². The standard InChI is InChI=1S/C6H9NO.C4H8O2/c1-3-8-5-6(2)4-7;1-3-6-4(2)5/h2-3,5H2,1H3;3H2,1-2H3. The van der Waals surface area contributed by atoms with Gasteiger partial charge in [0.15, 0.2) is 0 Å². The van der Waals surface area contributed by atoms with Gasteiger partial charge in [-0.15, -0.1) is 0 Å². The van der Waals surface area contributed by atoms with E-state index in [1.165, 1.54) is 6.92 Å². The van der Waals surface area contributed by atoms with Crippen molar-refractivity contribution >= 4 is 5.97 Å². The van der Waals surface area contributed by atoms with E-state index >= 15 is 0 Å². The Hall–Kier alpha value is -1.34. The summed E-state index contributed by atoms with van der Waals surface area (Å²) in [6.45, 7) is 9.96. The smallest absolute Gasteiger partial charge is 0.302 e. The van der Waals surface area contributed by atoms with Crippen LogP contribution in [0.15, 0.2) is 12.2 Å². The largest absolute Gasteiger partial charge is 0.466 e. The van der Waals surface area contributed by atoms with Crippen LogP contribution in [0.4, 0.5) is 0 Å². The maximum atomic E-state index is 9.82. The molecule has 4 heteroatoms. The van der Waals surface area contributed by atoms with E-state index < -0.39 is 0 Å². The fourth-order valence-corrected chi connectivity index (χ4v) is 0.461. The topological polar surface area (TPSA) is 59.3 Å². The van der Waals surface area contributed by atoms with Gasteiger partial charge in [0.1, 0.15) is 0 Å². The van der Waals surface area contributed by atoms with E-state index in [1.807, 2.05) is 13.0 Å². The zero-order valence-electron chi connectivity index (χ0n) is 9.00. The molecule has 0 atom stereocenters. The highest BCUT2D eigenvalue weighted by Crippen LogP contribution is 1.85. The Morgan fingerprint density at radius 1 is 1.43 bits per heavy atom. The van der Waals surface area contributed by atoms with Crippen molar-refractivity contribution in [2.24, 2.45) is 0 Å². The fraction of sp³-hybridized carbons (Fsp3) is 0.600. The van der Waals surface area contributed by atoms with E-state index in [4.69, 9.17) is 10.00 Å². The van der Waals surface area contributed by atoms with Gasteiger partial charge in [-0.2, -0.15) is 5.26 Å². The molecular formula is C10H17NO3. The predicted octanol–water partition coefficient (Wildman–Crippen LogP) is 1.67. The number of esters is 1. The lowest BCUT2D eigenvalue weighted by molar-refractivity contribution is -0.140. The molecule has 80 valence electrons. The van der Waals surface area contributed by atoms with E-state index in [-0.39, 0.29) is 5.97 Å². The summed E-state index contributed by atoms with van der Waals surface area (Å²) >= 11 is 0. The van der Waals surface area contributed by atoms with Crippen LogP contribution in [0.25, 0.3) is 0 Å². The Morgan fingerprint density at radius 3 is 2.21 bits per heavy atom. The van der Waals surface area contributed by atoms with Crippen LogP contribution in [0.3, 0.4) is 0 Å². The second-order valence-electron chi connectivity index (χ2n) is 2.28. The van der Waals surface area contributed by atoms with Crippen LogP contribution >= 0.6 is 0 Å². The van der Waals surface area contributed by atoms with E-state index in [0.29, 0.717) is 25.4 Å². The van der Waals surface area contributed by atoms with Gasteiger partial charge in [-0.3, -0.25) is 4.79 Å². The highest BCUT2D eigenvalue weighted by atomic mass is 16.5. The minimum absolute atomic E-state index is 0.211. The van der Waals surface area contributed by atoms with Gasteiger partial charge >= 0.3 is 5.97 Å². The maximum absolute atomic E-state index is 9.82. The van der Waals surface area contributed by atoms with Crippen LogP contribution < -0.4 is 0 Å². The Morgan fingerprint density at radius 2 is 2.00 bits per heavy atom. The highest BCUT2D eigenvalue weighted by molar-refractivity contribution is 5.65. The van der Waals surface area contributed by atoms with Crippen molar-refractivity contribution in [1.29, 1.82) is 5.26 Å². The quantitative estimate of drug-likeness (QED) is 0.510. The first-order chi connectivity index (χ1) is 6.58. The molecule has 0 saturated carbocycles. The summed E-state index contributed by atoms with van der Waals surface area (Å²) in [6.07, 6.45) is 0.